The average Bonchev–Trinajstić information content (AvgIpc) is 2.66. The van der Waals surface area contributed by atoms with Crippen molar-refractivity contribution >= 4 is 0 Å². The first-order chi connectivity index (χ1) is 13.0. The molecule has 4 rings (SSSR count). The summed E-state index contributed by atoms with van der Waals surface area (Å²) in [6.45, 7) is 16.2. The molecule has 0 aliphatic heterocycles. The van der Waals surface area contributed by atoms with Crippen LogP contribution in [0.5, 0.6) is 0 Å². The van der Waals surface area contributed by atoms with Crippen LogP contribution in [0.25, 0.3) is 22.4 Å². The van der Waals surface area contributed by atoms with Crippen LogP contribution < -0.4 is 0 Å². The van der Waals surface area contributed by atoms with Crippen molar-refractivity contribution in [2.45, 2.75) is 64.7 Å². The van der Waals surface area contributed by atoms with Gasteiger partial charge in [0.2, 0.25) is 0 Å². The Hall–Kier alpha value is -2.41. The molecule has 0 unspecified atom stereocenters. The molecule has 1 heterocycles. The van der Waals surface area contributed by atoms with E-state index in [0.717, 1.165) is 5.69 Å². The quantitative estimate of drug-likeness (QED) is 0.439. The number of hydrogen-bond acceptors (Lipinski definition) is 1. The SMILES string of the molecule is CC(C)(C)c1ccnc(-c2ccc3c(c2)-c2ccccc2C(C)(C)C3(C)C)c1. The fourth-order valence-electron chi connectivity index (χ4n) is 4.46. The van der Waals surface area contributed by atoms with E-state index >= 15 is 0 Å². The minimum Gasteiger partial charge on any atom is -0.256 e. The summed E-state index contributed by atoms with van der Waals surface area (Å²) in [6.07, 6.45) is 1.94. The number of fused-ring (bicyclic) bond motifs is 3. The molecule has 0 radical (unpaired) electrons. The fourth-order valence-corrected chi connectivity index (χ4v) is 4.46. The fraction of sp³-hybridized carbons (Fsp3) is 0.370. The number of aromatic nitrogens is 1. The zero-order valence-corrected chi connectivity index (χ0v) is 18.2. The molecule has 0 bridgehead atoms. The summed E-state index contributed by atoms with van der Waals surface area (Å²) in [5, 5.41) is 0. The maximum Gasteiger partial charge on any atom is 0.0705 e. The topological polar surface area (TPSA) is 12.9 Å². The van der Waals surface area contributed by atoms with Gasteiger partial charge in [-0.3, -0.25) is 4.98 Å². The monoisotopic (exact) mass is 369 g/mol. The summed E-state index contributed by atoms with van der Waals surface area (Å²) in [6, 6.07) is 20.2. The molecule has 0 saturated carbocycles. The summed E-state index contributed by atoms with van der Waals surface area (Å²) in [4.78, 5) is 4.69. The van der Waals surface area contributed by atoms with Gasteiger partial charge in [-0.05, 0) is 62.3 Å². The van der Waals surface area contributed by atoms with Crippen LogP contribution >= 0.6 is 0 Å². The van der Waals surface area contributed by atoms with Gasteiger partial charge in [-0.25, -0.2) is 0 Å². The minimum absolute atomic E-state index is 0.0515. The second-order valence-electron chi connectivity index (χ2n) is 10.2. The van der Waals surface area contributed by atoms with Gasteiger partial charge in [-0.15, -0.1) is 0 Å². The van der Waals surface area contributed by atoms with Crippen LogP contribution in [0.1, 0.15) is 65.2 Å². The Bertz CT molecular complexity index is 1050. The normalized spacial score (nSPS) is 17.0. The average molecular weight is 370 g/mol. The molecule has 1 aliphatic carbocycles. The van der Waals surface area contributed by atoms with Crippen molar-refractivity contribution in [3.8, 4) is 22.4 Å². The van der Waals surface area contributed by atoms with E-state index in [1.165, 1.54) is 33.4 Å². The highest BCUT2D eigenvalue weighted by atomic mass is 14.7. The molecule has 0 atom stereocenters. The number of rotatable bonds is 1. The second-order valence-corrected chi connectivity index (χ2v) is 10.2. The van der Waals surface area contributed by atoms with Crippen molar-refractivity contribution in [2.75, 3.05) is 0 Å². The Kier molecular flexibility index (Phi) is 4.08. The van der Waals surface area contributed by atoms with Gasteiger partial charge in [0.1, 0.15) is 0 Å². The molecule has 0 fully saturated rings. The lowest BCUT2D eigenvalue weighted by Gasteiger charge is -2.48. The highest BCUT2D eigenvalue weighted by molar-refractivity contribution is 5.81. The van der Waals surface area contributed by atoms with Crippen LogP contribution in [-0.4, -0.2) is 4.98 Å². The summed E-state index contributed by atoms with van der Waals surface area (Å²) in [7, 11) is 0. The lowest BCUT2D eigenvalue weighted by molar-refractivity contribution is 0.299. The van der Waals surface area contributed by atoms with Gasteiger partial charge in [0.15, 0.2) is 0 Å². The van der Waals surface area contributed by atoms with Crippen molar-refractivity contribution in [3.63, 3.8) is 0 Å². The molecule has 1 heteroatoms. The molecule has 144 valence electrons. The Morgan fingerprint density at radius 1 is 0.714 bits per heavy atom. The van der Waals surface area contributed by atoms with E-state index in [9.17, 15) is 0 Å². The third-order valence-corrected chi connectivity index (χ3v) is 7.07. The van der Waals surface area contributed by atoms with Gasteiger partial charge in [-0.1, -0.05) is 84.9 Å². The lowest BCUT2D eigenvalue weighted by atomic mass is 9.55. The van der Waals surface area contributed by atoms with Crippen molar-refractivity contribution in [2.24, 2.45) is 0 Å². The first-order valence-corrected chi connectivity index (χ1v) is 10.2. The largest absolute Gasteiger partial charge is 0.256 e. The van der Waals surface area contributed by atoms with Crippen LogP contribution in [0.15, 0.2) is 60.8 Å². The Labute approximate surface area is 169 Å². The van der Waals surface area contributed by atoms with Crippen LogP contribution in [0.4, 0.5) is 0 Å². The van der Waals surface area contributed by atoms with E-state index in [-0.39, 0.29) is 16.2 Å². The Balaban J connectivity index is 1.93. The zero-order chi connectivity index (χ0) is 20.3. The molecule has 0 N–H and O–H groups in total. The van der Waals surface area contributed by atoms with E-state index in [2.05, 4.69) is 103 Å². The molecular weight excluding hydrogens is 338 g/mol. The van der Waals surface area contributed by atoms with Gasteiger partial charge in [0.25, 0.3) is 0 Å². The molecule has 1 aliphatic rings. The molecule has 1 nitrogen and oxygen atoms in total. The van der Waals surface area contributed by atoms with E-state index in [0.29, 0.717) is 0 Å². The van der Waals surface area contributed by atoms with Crippen molar-refractivity contribution < 1.29 is 0 Å². The maximum atomic E-state index is 4.69. The third kappa shape index (κ3) is 2.71. The molecule has 2 aromatic carbocycles. The first kappa shape index (κ1) is 18.9. The van der Waals surface area contributed by atoms with Crippen LogP contribution in [0.2, 0.25) is 0 Å². The molecule has 1 aromatic heterocycles. The Morgan fingerprint density at radius 3 is 2.04 bits per heavy atom. The number of nitrogens with zero attached hydrogens (tertiary/aromatic N) is 1. The molecular formula is C27H31N. The van der Waals surface area contributed by atoms with Gasteiger partial charge in [0, 0.05) is 11.8 Å². The van der Waals surface area contributed by atoms with Crippen LogP contribution in [0.3, 0.4) is 0 Å². The molecule has 0 saturated heterocycles. The number of hydrogen-bond donors (Lipinski definition) is 0. The van der Waals surface area contributed by atoms with E-state index < -0.39 is 0 Å². The number of pyridine rings is 1. The zero-order valence-electron chi connectivity index (χ0n) is 18.2. The summed E-state index contributed by atoms with van der Waals surface area (Å²) >= 11 is 0. The molecule has 28 heavy (non-hydrogen) atoms. The highest BCUT2D eigenvalue weighted by Gasteiger charge is 2.45. The third-order valence-electron chi connectivity index (χ3n) is 7.07. The van der Waals surface area contributed by atoms with Gasteiger partial charge < -0.3 is 0 Å². The van der Waals surface area contributed by atoms with Crippen molar-refractivity contribution in [1.82, 2.24) is 4.98 Å². The first-order valence-electron chi connectivity index (χ1n) is 10.2. The van der Waals surface area contributed by atoms with E-state index in [1.807, 2.05) is 6.20 Å². The second kappa shape index (κ2) is 6.04. The predicted octanol–water partition coefficient (Wildman–Crippen LogP) is 7.28. The smallest absolute Gasteiger partial charge is 0.0705 e. The van der Waals surface area contributed by atoms with Crippen LogP contribution in [0, 0.1) is 0 Å². The molecule has 0 spiro atoms. The minimum atomic E-state index is 0.0515. The van der Waals surface area contributed by atoms with Crippen LogP contribution in [-0.2, 0) is 16.2 Å². The van der Waals surface area contributed by atoms with E-state index in [4.69, 9.17) is 4.98 Å². The van der Waals surface area contributed by atoms with Gasteiger partial charge in [0.05, 0.1) is 5.69 Å². The predicted molar refractivity (Wildman–Crippen MR) is 120 cm³/mol. The van der Waals surface area contributed by atoms with Gasteiger partial charge >= 0.3 is 0 Å². The van der Waals surface area contributed by atoms with Crippen molar-refractivity contribution in [3.05, 3.63) is 77.5 Å². The summed E-state index contributed by atoms with van der Waals surface area (Å²) in [5.41, 5.74) is 9.36. The lowest BCUT2D eigenvalue weighted by Crippen LogP contribution is -2.43. The Morgan fingerprint density at radius 2 is 1.36 bits per heavy atom. The van der Waals surface area contributed by atoms with E-state index in [1.54, 1.807) is 0 Å². The molecule has 0 amide bonds. The standard InChI is InChI=1S/C27H31N/c1-25(2,3)19-14-15-28-24(17-19)18-12-13-23-21(16-18)20-10-8-9-11-22(20)26(4,5)27(23,6)7/h8-17H,1-7H3. The summed E-state index contributed by atoms with van der Waals surface area (Å²) < 4.78 is 0. The number of benzene rings is 2. The van der Waals surface area contributed by atoms with Crippen molar-refractivity contribution in [1.29, 1.82) is 0 Å². The summed E-state index contributed by atoms with van der Waals surface area (Å²) in [5.74, 6) is 0. The molecule has 3 aromatic rings. The van der Waals surface area contributed by atoms with Gasteiger partial charge in [-0.2, -0.15) is 0 Å². The maximum absolute atomic E-state index is 4.69. The highest BCUT2D eigenvalue weighted by Crippen LogP contribution is 2.54.